The highest BCUT2D eigenvalue weighted by atomic mass is 35.5. The molecule has 1 aliphatic heterocycles. The molecule has 5 nitrogen and oxygen atoms in total. The van der Waals surface area contributed by atoms with Crippen LogP contribution in [0.2, 0.25) is 10.0 Å². The summed E-state index contributed by atoms with van der Waals surface area (Å²) in [5, 5.41) is 5.95. The van der Waals surface area contributed by atoms with Crippen LogP contribution < -0.4 is 10.6 Å². The van der Waals surface area contributed by atoms with Crippen LogP contribution in [0.4, 0.5) is 9.52 Å². The summed E-state index contributed by atoms with van der Waals surface area (Å²) in [6.45, 7) is 1.68. The van der Waals surface area contributed by atoms with E-state index >= 15 is 4.39 Å². The molecule has 9 heteroatoms. The number of rotatable bonds is 2. The van der Waals surface area contributed by atoms with E-state index in [1.165, 1.54) is 27.0 Å². The average Bonchev–Trinajstić information content (AvgIpc) is 3.43. The van der Waals surface area contributed by atoms with Crippen LogP contribution in [-0.4, -0.2) is 27.7 Å². The van der Waals surface area contributed by atoms with Gasteiger partial charge in [-0.3, -0.25) is 0 Å². The first-order valence-corrected chi connectivity index (χ1v) is 12.1. The second-order valence-corrected chi connectivity index (χ2v) is 10.4. The van der Waals surface area contributed by atoms with Crippen molar-refractivity contribution in [2.24, 2.45) is 11.1 Å². The van der Waals surface area contributed by atoms with Crippen LogP contribution in [0.15, 0.2) is 42.5 Å². The van der Waals surface area contributed by atoms with Crippen LogP contribution in [0.25, 0.3) is 16.2 Å². The zero-order valence-electron chi connectivity index (χ0n) is 17.1. The van der Waals surface area contributed by atoms with E-state index in [4.69, 9.17) is 28.9 Å². The number of hydrogen-bond acceptors (Lipinski definition) is 5. The van der Waals surface area contributed by atoms with Gasteiger partial charge in [0.25, 0.3) is 0 Å². The number of imidazole rings is 1. The Morgan fingerprint density at radius 2 is 1.88 bits per heavy atom. The number of hydrogen-bond donors (Lipinski definition) is 1. The van der Waals surface area contributed by atoms with Crippen LogP contribution in [0, 0.1) is 11.4 Å². The summed E-state index contributed by atoms with van der Waals surface area (Å²) in [6, 6.07) is 13.7. The average molecular weight is 488 g/mol. The molecule has 164 valence electrons. The summed E-state index contributed by atoms with van der Waals surface area (Å²) in [5.74, 6) is -0.534. The van der Waals surface area contributed by atoms with Crippen molar-refractivity contribution in [3.8, 4) is 11.3 Å². The van der Waals surface area contributed by atoms with Gasteiger partial charge in [-0.05, 0) is 41.9 Å². The molecule has 0 radical (unpaired) electrons. The van der Waals surface area contributed by atoms with E-state index in [2.05, 4.69) is 39.2 Å². The maximum Gasteiger partial charge on any atom is 0.243 e. The molecule has 0 saturated carbocycles. The Bertz CT molecular complexity index is 1340. The topological polar surface area (TPSA) is 59.5 Å². The lowest BCUT2D eigenvalue weighted by molar-refractivity contribution is 0.187. The minimum atomic E-state index is -0.534. The van der Waals surface area contributed by atoms with Crippen molar-refractivity contribution < 1.29 is 4.39 Å². The zero-order valence-corrected chi connectivity index (χ0v) is 19.4. The molecular formula is C23H20Cl2FN5S. The first kappa shape index (κ1) is 20.4. The molecule has 0 bridgehead atoms. The van der Waals surface area contributed by atoms with Crippen LogP contribution in [-0.2, 0) is 6.42 Å². The van der Waals surface area contributed by atoms with Gasteiger partial charge in [-0.15, -0.1) is 5.10 Å². The number of nitrogens with two attached hydrogens (primary N) is 1. The quantitative estimate of drug-likeness (QED) is 0.391. The molecule has 2 aliphatic rings. The SMILES string of the molecule is N[C@@H]1c2ccccc2CC12CCN(c1nn3c(F)c(-c4cccc(Cl)c4Cl)nc3s1)CC2. The zero-order chi connectivity index (χ0) is 22.0. The van der Waals surface area contributed by atoms with Gasteiger partial charge in [0.1, 0.15) is 5.69 Å². The normalized spacial score (nSPS) is 19.8. The number of aromatic nitrogens is 3. The van der Waals surface area contributed by atoms with E-state index in [1.807, 2.05) is 0 Å². The Labute approximate surface area is 198 Å². The van der Waals surface area contributed by atoms with Crippen LogP contribution in [0.3, 0.4) is 0 Å². The van der Waals surface area contributed by atoms with E-state index in [1.54, 1.807) is 18.2 Å². The Morgan fingerprint density at radius 3 is 2.62 bits per heavy atom. The highest BCUT2D eigenvalue weighted by molar-refractivity contribution is 7.20. The van der Waals surface area contributed by atoms with Gasteiger partial charge in [-0.25, -0.2) is 4.98 Å². The fourth-order valence-corrected chi connectivity index (χ4v) is 6.48. The molecule has 0 amide bonds. The van der Waals surface area contributed by atoms with Gasteiger partial charge in [-0.1, -0.05) is 70.9 Å². The standard InChI is InChI=1S/C23H20Cl2FN5S/c24-16-7-3-6-15(17(16)25)18-20(26)31-21(28-18)32-22(29-31)30-10-8-23(9-11-30)12-13-4-1-2-5-14(13)19(23)27/h1-7,19H,8-12,27H2/t19-/m1/s1. The number of anilines is 1. The first-order chi connectivity index (χ1) is 15.5. The molecule has 4 aromatic rings. The Balaban J connectivity index is 1.25. The van der Waals surface area contributed by atoms with E-state index in [0.717, 1.165) is 37.5 Å². The molecule has 1 atom stereocenters. The lowest BCUT2D eigenvalue weighted by Crippen LogP contribution is -2.44. The molecule has 2 aromatic carbocycles. The molecule has 0 unspecified atom stereocenters. The summed E-state index contributed by atoms with van der Waals surface area (Å²) >= 11 is 13.7. The molecule has 2 N–H and O–H groups in total. The molecule has 6 rings (SSSR count). The van der Waals surface area contributed by atoms with Gasteiger partial charge >= 0.3 is 0 Å². The van der Waals surface area contributed by atoms with Crippen molar-refractivity contribution in [2.75, 3.05) is 18.0 Å². The predicted molar refractivity (Wildman–Crippen MR) is 127 cm³/mol. The predicted octanol–water partition coefficient (Wildman–Crippen LogP) is 5.75. The highest BCUT2D eigenvalue weighted by Gasteiger charge is 2.46. The Hall–Kier alpha value is -2.19. The number of benzene rings is 2. The van der Waals surface area contributed by atoms with Crippen LogP contribution in [0.5, 0.6) is 0 Å². The van der Waals surface area contributed by atoms with Crippen molar-refractivity contribution >= 4 is 44.6 Å². The second kappa shape index (κ2) is 7.42. The van der Waals surface area contributed by atoms with Gasteiger partial charge in [0.2, 0.25) is 16.0 Å². The summed E-state index contributed by atoms with van der Waals surface area (Å²) in [4.78, 5) is 7.17. The second-order valence-electron chi connectivity index (χ2n) is 8.63. The summed E-state index contributed by atoms with van der Waals surface area (Å²) < 4.78 is 16.4. The Kier molecular flexibility index (Phi) is 4.73. The highest BCUT2D eigenvalue weighted by Crippen LogP contribution is 2.51. The number of piperidine rings is 1. The first-order valence-electron chi connectivity index (χ1n) is 10.5. The van der Waals surface area contributed by atoms with Gasteiger partial charge < -0.3 is 10.6 Å². The van der Waals surface area contributed by atoms with Crippen molar-refractivity contribution in [3.05, 3.63) is 69.6 Å². The summed E-state index contributed by atoms with van der Waals surface area (Å²) in [5.41, 5.74) is 10.1. The maximum absolute atomic E-state index is 15.2. The van der Waals surface area contributed by atoms with Gasteiger partial charge in [0.15, 0.2) is 0 Å². The lowest BCUT2D eigenvalue weighted by atomic mass is 9.73. The molecule has 1 aliphatic carbocycles. The van der Waals surface area contributed by atoms with Crippen molar-refractivity contribution in [2.45, 2.75) is 25.3 Å². The van der Waals surface area contributed by atoms with Crippen molar-refractivity contribution in [1.29, 1.82) is 0 Å². The largest absolute Gasteiger partial charge is 0.347 e. The van der Waals surface area contributed by atoms with Crippen LogP contribution >= 0.6 is 34.5 Å². The monoisotopic (exact) mass is 487 g/mol. The van der Waals surface area contributed by atoms with Gasteiger partial charge in [-0.2, -0.15) is 8.91 Å². The van der Waals surface area contributed by atoms with Gasteiger partial charge in [0, 0.05) is 24.7 Å². The molecule has 1 saturated heterocycles. The molecule has 1 fully saturated rings. The van der Waals surface area contributed by atoms with E-state index < -0.39 is 5.95 Å². The van der Waals surface area contributed by atoms with E-state index in [0.29, 0.717) is 15.5 Å². The third kappa shape index (κ3) is 2.99. The minimum absolute atomic E-state index is 0.0666. The number of fused-ring (bicyclic) bond motifs is 2. The Morgan fingerprint density at radius 1 is 1.09 bits per heavy atom. The molecule has 1 spiro atoms. The minimum Gasteiger partial charge on any atom is -0.347 e. The summed E-state index contributed by atoms with van der Waals surface area (Å²) in [7, 11) is 0. The fraction of sp³-hybridized carbons (Fsp3) is 0.304. The van der Waals surface area contributed by atoms with Gasteiger partial charge in [0.05, 0.1) is 10.0 Å². The third-order valence-corrected chi connectivity index (χ3v) is 8.76. The van der Waals surface area contributed by atoms with E-state index in [9.17, 15) is 0 Å². The molecule has 3 heterocycles. The molecule has 2 aromatic heterocycles. The molecule has 32 heavy (non-hydrogen) atoms. The van der Waals surface area contributed by atoms with Crippen molar-refractivity contribution in [3.63, 3.8) is 0 Å². The third-order valence-electron chi connectivity index (χ3n) is 6.97. The number of halogens is 3. The lowest BCUT2D eigenvalue weighted by Gasteiger charge is -2.42. The fourth-order valence-electron chi connectivity index (χ4n) is 5.15. The summed E-state index contributed by atoms with van der Waals surface area (Å²) in [6.07, 6.45) is 2.99. The van der Waals surface area contributed by atoms with E-state index in [-0.39, 0.29) is 22.2 Å². The maximum atomic E-state index is 15.2. The van der Waals surface area contributed by atoms with Crippen molar-refractivity contribution in [1.82, 2.24) is 14.6 Å². The smallest absolute Gasteiger partial charge is 0.243 e. The molecular weight excluding hydrogens is 468 g/mol. The number of nitrogens with zero attached hydrogens (tertiary/aromatic N) is 4. The van der Waals surface area contributed by atoms with Crippen LogP contribution in [0.1, 0.15) is 30.0 Å².